The summed E-state index contributed by atoms with van der Waals surface area (Å²) in [6.45, 7) is 3.17. The molecule has 1 aliphatic rings. The number of carbonyl (C=O) groups excluding carboxylic acids is 2. The lowest BCUT2D eigenvalue weighted by atomic mass is 10.3. The van der Waals surface area contributed by atoms with Gasteiger partial charge in [-0.2, -0.15) is 0 Å². The van der Waals surface area contributed by atoms with Crippen molar-refractivity contribution in [2.24, 2.45) is 0 Å². The minimum absolute atomic E-state index is 0. The van der Waals surface area contributed by atoms with Crippen LogP contribution in [0, 0.1) is 5.82 Å². The molecule has 6 nitrogen and oxygen atoms in total. The Labute approximate surface area is 141 Å². The Morgan fingerprint density at radius 2 is 1.91 bits per heavy atom. The molecule has 23 heavy (non-hydrogen) atoms. The highest BCUT2D eigenvalue weighted by Gasteiger charge is 2.18. The van der Waals surface area contributed by atoms with Gasteiger partial charge in [0.05, 0.1) is 18.8 Å². The number of rotatable bonds is 5. The lowest BCUT2D eigenvalue weighted by Crippen LogP contribution is -2.49. The van der Waals surface area contributed by atoms with Crippen LogP contribution in [-0.2, 0) is 9.59 Å². The highest BCUT2D eigenvalue weighted by molar-refractivity contribution is 5.92. The van der Waals surface area contributed by atoms with Gasteiger partial charge in [0.1, 0.15) is 5.82 Å². The van der Waals surface area contributed by atoms with E-state index in [1.807, 2.05) is 0 Å². The molecule has 0 saturated carbocycles. The van der Waals surface area contributed by atoms with Crippen molar-refractivity contribution in [3.63, 3.8) is 0 Å². The van der Waals surface area contributed by atoms with Crippen LogP contribution in [0.1, 0.15) is 0 Å². The predicted molar refractivity (Wildman–Crippen MR) is 89.2 cm³/mol. The third-order valence-corrected chi connectivity index (χ3v) is 3.44. The van der Waals surface area contributed by atoms with Gasteiger partial charge in [-0.1, -0.05) is 12.1 Å². The molecule has 1 aromatic rings. The van der Waals surface area contributed by atoms with Crippen LogP contribution in [0.25, 0.3) is 0 Å². The van der Waals surface area contributed by atoms with Gasteiger partial charge in [-0.15, -0.1) is 12.4 Å². The molecule has 2 amide bonds. The molecular weight excluding hydrogens is 323 g/mol. The third kappa shape index (κ3) is 6.13. The number of piperazine rings is 1. The highest BCUT2D eigenvalue weighted by Crippen LogP contribution is 2.12. The van der Waals surface area contributed by atoms with Crippen molar-refractivity contribution in [1.82, 2.24) is 15.1 Å². The van der Waals surface area contributed by atoms with E-state index in [1.165, 1.54) is 12.1 Å². The summed E-state index contributed by atoms with van der Waals surface area (Å²) >= 11 is 0. The summed E-state index contributed by atoms with van der Waals surface area (Å²) in [5.74, 6) is -0.821. The molecular formula is C15H22ClFN4O2. The van der Waals surface area contributed by atoms with E-state index in [9.17, 15) is 14.0 Å². The SMILES string of the molecule is CN(CC(=O)Nc1ccccc1F)CC(=O)N1CCNCC1.Cl. The number of nitrogens with zero attached hydrogens (tertiary/aromatic N) is 2. The molecule has 0 aliphatic carbocycles. The quantitative estimate of drug-likeness (QED) is 0.819. The van der Waals surface area contributed by atoms with E-state index >= 15 is 0 Å². The minimum atomic E-state index is -0.476. The molecule has 1 aromatic carbocycles. The molecule has 128 valence electrons. The predicted octanol–water partition coefficient (Wildman–Crippen LogP) is 0.550. The highest BCUT2D eigenvalue weighted by atomic mass is 35.5. The van der Waals surface area contributed by atoms with Crippen LogP contribution in [0.3, 0.4) is 0 Å². The van der Waals surface area contributed by atoms with Crippen LogP contribution < -0.4 is 10.6 Å². The number of anilines is 1. The number of para-hydroxylation sites is 1. The van der Waals surface area contributed by atoms with Gasteiger partial charge < -0.3 is 15.5 Å². The number of likely N-dealkylation sites (N-methyl/N-ethyl adjacent to an activating group) is 1. The van der Waals surface area contributed by atoms with Crippen molar-refractivity contribution in [2.45, 2.75) is 0 Å². The van der Waals surface area contributed by atoms with Crippen LogP contribution >= 0.6 is 12.4 Å². The van der Waals surface area contributed by atoms with E-state index in [-0.39, 0.29) is 43.0 Å². The lowest BCUT2D eigenvalue weighted by molar-refractivity contribution is -0.133. The van der Waals surface area contributed by atoms with E-state index in [0.717, 1.165) is 13.1 Å². The Hall–Kier alpha value is -1.70. The second kappa shape index (κ2) is 9.44. The molecule has 1 aliphatic heterocycles. The normalized spacial score (nSPS) is 14.3. The summed E-state index contributed by atoms with van der Waals surface area (Å²) in [5.41, 5.74) is 0.148. The van der Waals surface area contributed by atoms with Gasteiger partial charge in [-0.3, -0.25) is 14.5 Å². The molecule has 0 bridgehead atoms. The second-order valence-electron chi connectivity index (χ2n) is 5.33. The summed E-state index contributed by atoms with van der Waals surface area (Å²) in [4.78, 5) is 27.4. The number of hydrogen-bond donors (Lipinski definition) is 2. The molecule has 0 aromatic heterocycles. The number of nitrogens with one attached hydrogen (secondary N) is 2. The lowest BCUT2D eigenvalue weighted by Gasteiger charge is -2.29. The average Bonchev–Trinajstić information content (AvgIpc) is 2.50. The van der Waals surface area contributed by atoms with Crippen LogP contribution in [0.5, 0.6) is 0 Å². The van der Waals surface area contributed by atoms with Crippen molar-refractivity contribution in [3.8, 4) is 0 Å². The van der Waals surface area contributed by atoms with Gasteiger partial charge in [-0.05, 0) is 19.2 Å². The van der Waals surface area contributed by atoms with Gasteiger partial charge in [0.2, 0.25) is 11.8 Å². The fourth-order valence-corrected chi connectivity index (χ4v) is 2.30. The minimum Gasteiger partial charge on any atom is -0.339 e. The standard InChI is InChI=1S/C15H21FN4O2.ClH/c1-19(11-15(22)20-8-6-17-7-9-20)10-14(21)18-13-5-3-2-4-12(13)16;/h2-5,17H,6-11H2,1H3,(H,18,21);1H. The van der Waals surface area contributed by atoms with Gasteiger partial charge >= 0.3 is 0 Å². The van der Waals surface area contributed by atoms with E-state index < -0.39 is 5.82 Å². The van der Waals surface area contributed by atoms with E-state index in [4.69, 9.17) is 0 Å². The summed E-state index contributed by atoms with van der Waals surface area (Å²) in [6.07, 6.45) is 0. The number of carbonyl (C=O) groups is 2. The maximum atomic E-state index is 13.4. The molecule has 2 N–H and O–H groups in total. The maximum Gasteiger partial charge on any atom is 0.238 e. The van der Waals surface area contributed by atoms with Crippen LogP contribution in [0.2, 0.25) is 0 Å². The Morgan fingerprint density at radius 3 is 2.57 bits per heavy atom. The Balaban J connectivity index is 0.00000264. The first-order valence-electron chi connectivity index (χ1n) is 7.27. The molecule has 1 saturated heterocycles. The Morgan fingerprint density at radius 1 is 1.26 bits per heavy atom. The topological polar surface area (TPSA) is 64.7 Å². The van der Waals surface area contributed by atoms with E-state index in [0.29, 0.717) is 13.1 Å². The molecule has 0 unspecified atom stereocenters. The zero-order chi connectivity index (χ0) is 15.9. The van der Waals surface area contributed by atoms with E-state index in [2.05, 4.69) is 10.6 Å². The smallest absolute Gasteiger partial charge is 0.238 e. The Bertz CT molecular complexity index is 538. The number of halogens is 2. The molecule has 1 heterocycles. The van der Waals surface area contributed by atoms with Crippen LogP contribution in [0.4, 0.5) is 10.1 Å². The molecule has 0 spiro atoms. The largest absolute Gasteiger partial charge is 0.339 e. The van der Waals surface area contributed by atoms with Gasteiger partial charge in [-0.25, -0.2) is 4.39 Å². The van der Waals surface area contributed by atoms with Gasteiger partial charge in [0.15, 0.2) is 0 Å². The zero-order valence-corrected chi connectivity index (χ0v) is 13.9. The van der Waals surface area contributed by atoms with Crippen molar-refractivity contribution >= 4 is 29.9 Å². The maximum absolute atomic E-state index is 13.4. The number of amides is 2. The molecule has 1 fully saturated rings. The summed E-state index contributed by atoms with van der Waals surface area (Å²) in [5, 5.41) is 5.68. The van der Waals surface area contributed by atoms with Crippen molar-refractivity contribution in [1.29, 1.82) is 0 Å². The fraction of sp³-hybridized carbons (Fsp3) is 0.467. The first-order valence-corrected chi connectivity index (χ1v) is 7.27. The van der Waals surface area contributed by atoms with Crippen LogP contribution in [0.15, 0.2) is 24.3 Å². The zero-order valence-electron chi connectivity index (χ0n) is 13.0. The second-order valence-corrected chi connectivity index (χ2v) is 5.33. The first-order chi connectivity index (χ1) is 10.6. The molecule has 0 atom stereocenters. The third-order valence-electron chi connectivity index (χ3n) is 3.44. The average molecular weight is 345 g/mol. The first kappa shape index (κ1) is 19.3. The van der Waals surface area contributed by atoms with E-state index in [1.54, 1.807) is 29.0 Å². The summed E-state index contributed by atoms with van der Waals surface area (Å²) in [7, 11) is 1.70. The summed E-state index contributed by atoms with van der Waals surface area (Å²) in [6, 6.07) is 5.99. The van der Waals surface area contributed by atoms with Crippen molar-refractivity contribution in [3.05, 3.63) is 30.1 Å². The van der Waals surface area contributed by atoms with Crippen molar-refractivity contribution in [2.75, 3.05) is 51.6 Å². The monoisotopic (exact) mass is 344 g/mol. The molecule has 0 radical (unpaired) electrons. The number of benzene rings is 1. The van der Waals surface area contributed by atoms with Crippen LogP contribution in [-0.4, -0.2) is 67.9 Å². The fourth-order valence-electron chi connectivity index (χ4n) is 2.30. The Kier molecular flexibility index (Phi) is 7.94. The summed E-state index contributed by atoms with van der Waals surface area (Å²) < 4.78 is 13.4. The van der Waals surface area contributed by atoms with Crippen molar-refractivity contribution < 1.29 is 14.0 Å². The van der Waals surface area contributed by atoms with Gasteiger partial charge in [0, 0.05) is 26.2 Å². The molecule has 8 heteroatoms. The number of hydrogen-bond acceptors (Lipinski definition) is 4. The molecule has 2 rings (SSSR count). The van der Waals surface area contributed by atoms with Gasteiger partial charge in [0.25, 0.3) is 0 Å².